The lowest BCUT2D eigenvalue weighted by molar-refractivity contribution is -0.131. The smallest absolute Gasteiger partial charge is 0.225 e. The zero-order valence-electron chi connectivity index (χ0n) is 18.6. The molecule has 2 heterocycles. The predicted octanol–water partition coefficient (Wildman–Crippen LogP) is 2.37. The van der Waals surface area contributed by atoms with Crippen LogP contribution in [0.1, 0.15) is 18.9 Å². The van der Waals surface area contributed by atoms with Gasteiger partial charge in [0.2, 0.25) is 11.9 Å². The summed E-state index contributed by atoms with van der Waals surface area (Å²) in [7, 11) is 1.93. The summed E-state index contributed by atoms with van der Waals surface area (Å²) in [6, 6.07) is 8.23. The van der Waals surface area contributed by atoms with Crippen LogP contribution in [0.5, 0.6) is 0 Å². The molecule has 3 rings (SSSR count). The minimum Gasteiger partial charge on any atom is -0.357 e. The van der Waals surface area contributed by atoms with Crippen LogP contribution in [0.25, 0.3) is 0 Å². The monoisotopic (exact) mass is 555 g/mol. The van der Waals surface area contributed by atoms with Gasteiger partial charge in [-0.2, -0.15) is 0 Å². The Morgan fingerprint density at radius 1 is 1.16 bits per heavy atom. The lowest BCUT2D eigenvalue weighted by Crippen LogP contribution is -2.49. The maximum atomic E-state index is 13.1. The van der Waals surface area contributed by atoms with Crippen LogP contribution < -0.4 is 10.2 Å². The minimum atomic E-state index is -0.248. The molecule has 0 aliphatic carbocycles. The van der Waals surface area contributed by atoms with Crippen molar-refractivity contribution >= 4 is 41.8 Å². The number of carbonyl (C=O) groups excluding carboxylic acids is 1. The molecule has 1 aromatic heterocycles. The van der Waals surface area contributed by atoms with Crippen LogP contribution >= 0.6 is 24.0 Å². The molecule has 0 unspecified atom stereocenters. The first kappa shape index (κ1) is 25.8. The Labute approximate surface area is 205 Å². The number of aliphatic imine (C=N–C) groups is 1. The lowest BCUT2D eigenvalue weighted by atomic mass is 10.2. The van der Waals surface area contributed by atoms with E-state index in [1.54, 1.807) is 30.6 Å². The number of aromatic nitrogens is 2. The number of piperazine rings is 1. The van der Waals surface area contributed by atoms with E-state index < -0.39 is 0 Å². The van der Waals surface area contributed by atoms with E-state index >= 15 is 0 Å². The molecule has 0 saturated carbocycles. The number of amides is 1. The van der Waals surface area contributed by atoms with Crippen LogP contribution in [0.2, 0.25) is 0 Å². The van der Waals surface area contributed by atoms with E-state index in [9.17, 15) is 9.18 Å². The number of halogens is 2. The largest absolute Gasteiger partial charge is 0.357 e. The molecule has 1 fully saturated rings. The number of hydrogen-bond acceptors (Lipinski definition) is 5. The first-order chi connectivity index (χ1) is 15.1. The molecule has 0 atom stereocenters. The summed E-state index contributed by atoms with van der Waals surface area (Å²) in [4.78, 5) is 31.7. The van der Waals surface area contributed by atoms with Crippen molar-refractivity contribution < 1.29 is 9.18 Å². The number of nitrogens with one attached hydrogen (secondary N) is 1. The molecule has 1 saturated heterocycles. The highest BCUT2D eigenvalue weighted by Gasteiger charge is 2.22. The van der Waals surface area contributed by atoms with Gasteiger partial charge in [-0.1, -0.05) is 12.1 Å². The molecule has 8 nitrogen and oxygen atoms in total. The summed E-state index contributed by atoms with van der Waals surface area (Å²) < 4.78 is 13.1. The number of nitrogens with zero attached hydrogens (tertiary/aromatic N) is 6. The van der Waals surface area contributed by atoms with Gasteiger partial charge in [-0.3, -0.25) is 9.79 Å². The number of rotatable bonds is 7. The average molecular weight is 555 g/mol. The van der Waals surface area contributed by atoms with Gasteiger partial charge in [0.25, 0.3) is 0 Å². The molecule has 10 heteroatoms. The second kappa shape index (κ2) is 13.1. The second-order valence-corrected chi connectivity index (χ2v) is 7.38. The molecule has 2 aromatic rings. The van der Waals surface area contributed by atoms with Gasteiger partial charge in [-0.15, -0.1) is 24.0 Å². The molecule has 1 amide bonds. The minimum absolute atomic E-state index is 0. The topological polar surface area (TPSA) is 77.0 Å². The van der Waals surface area contributed by atoms with E-state index in [-0.39, 0.29) is 35.7 Å². The van der Waals surface area contributed by atoms with Crippen molar-refractivity contribution in [3.05, 3.63) is 54.1 Å². The third kappa shape index (κ3) is 7.57. The molecule has 174 valence electrons. The fraction of sp³-hybridized carbons (Fsp3) is 0.455. The number of benzene rings is 1. The quantitative estimate of drug-likeness (QED) is 0.321. The van der Waals surface area contributed by atoms with E-state index in [1.165, 1.54) is 12.1 Å². The highest BCUT2D eigenvalue weighted by molar-refractivity contribution is 14.0. The Morgan fingerprint density at radius 2 is 1.81 bits per heavy atom. The molecule has 0 bridgehead atoms. The molecule has 1 aromatic carbocycles. The van der Waals surface area contributed by atoms with Crippen LogP contribution in [0.15, 0.2) is 47.7 Å². The van der Waals surface area contributed by atoms with Gasteiger partial charge in [-0.25, -0.2) is 14.4 Å². The van der Waals surface area contributed by atoms with Crippen molar-refractivity contribution in [2.24, 2.45) is 4.99 Å². The Morgan fingerprint density at radius 3 is 2.44 bits per heavy atom. The molecular weight excluding hydrogens is 524 g/mol. The lowest BCUT2D eigenvalue weighted by Gasteiger charge is -2.34. The SMILES string of the molecule is CCNC(=NCCC(=O)N1CCN(c2ncccn2)CC1)N(C)Cc1ccc(F)cc1.I. The third-order valence-electron chi connectivity index (χ3n) is 5.08. The third-order valence-corrected chi connectivity index (χ3v) is 5.08. The molecule has 0 spiro atoms. The molecule has 0 radical (unpaired) electrons. The number of anilines is 1. The Bertz CT molecular complexity index is 858. The van der Waals surface area contributed by atoms with Gasteiger partial charge < -0.3 is 20.0 Å². The van der Waals surface area contributed by atoms with Gasteiger partial charge in [0.05, 0.1) is 6.54 Å². The van der Waals surface area contributed by atoms with Crippen molar-refractivity contribution in [1.82, 2.24) is 25.1 Å². The fourth-order valence-corrected chi connectivity index (χ4v) is 3.43. The van der Waals surface area contributed by atoms with E-state index in [1.807, 2.05) is 23.8 Å². The molecule has 1 aliphatic rings. The summed E-state index contributed by atoms with van der Waals surface area (Å²) in [5.41, 5.74) is 0.992. The number of carbonyl (C=O) groups is 1. The summed E-state index contributed by atoms with van der Waals surface area (Å²) in [6.45, 7) is 6.51. The molecule has 32 heavy (non-hydrogen) atoms. The highest BCUT2D eigenvalue weighted by atomic mass is 127. The van der Waals surface area contributed by atoms with Gasteiger partial charge in [0, 0.05) is 65.1 Å². The zero-order chi connectivity index (χ0) is 22.1. The maximum Gasteiger partial charge on any atom is 0.225 e. The summed E-state index contributed by atoms with van der Waals surface area (Å²) in [6.07, 6.45) is 3.82. The average Bonchev–Trinajstić information content (AvgIpc) is 2.80. The Hall–Kier alpha value is -2.50. The van der Waals surface area contributed by atoms with E-state index in [4.69, 9.17) is 0 Å². The van der Waals surface area contributed by atoms with Crippen molar-refractivity contribution in [3.8, 4) is 0 Å². The normalized spacial score (nSPS) is 14.0. The molecule has 1 aliphatic heterocycles. The van der Waals surface area contributed by atoms with Gasteiger partial charge >= 0.3 is 0 Å². The maximum absolute atomic E-state index is 13.1. The van der Waals surface area contributed by atoms with Crippen molar-refractivity contribution in [2.75, 3.05) is 51.2 Å². The second-order valence-electron chi connectivity index (χ2n) is 7.38. The fourth-order valence-electron chi connectivity index (χ4n) is 3.43. The summed E-state index contributed by atoms with van der Waals surface area (Å²) >= 11 is 0. The standard InChI is InChI=1S/C22H30FN7O.HI/c1-3-24-21(28(2)17-18-5-7-19(23)8-6-18)27-12-9-20(31)29-13-15-30(16-14-29)22-25-10-4-11-26-22;/h4-8,10-11H,3,9,12-17H2,1-2H3,(H,24,27);1H. The van der Waals surface area contributed by atoms with E-state index in [2.05, 4.69) is 25.2 Å². The predicted molar refractivity (Wildman–Crippen MR) is 135 cm³/mol. The first-order valence-corrected chi connectivity index (χ1v) is 10.6. The van der Waals surface area contributed by atoms with Gasteiger partial charge in [0.15, 0.2) is 5.96 Å². The van der Waals surface area contributed by atoms with Crippen LogP contribution in [-0.2, 0) is 11.3 Å². The van der Waals surface area contributed by atoms with Crippen LogP contribution in [0, 0.1) is 5.82 Å². The van der Waals surface area contributed by atoms with Crippen molar-refractivity contribution in [1.29, 1.82) is 0 Å². The van der Waals surface area contributed by atoms with Crippen molar-refractivity contribution in [2.45, 2.75) is 19.9 Å². The van der Waals surface area contributed by atoms with Crippen molar-refractivity contribution in [3.63, 3.8) is 0 Å². The zero-order valence-corrected chi connectivity index (χ0v) is 20.9. The van der Waals surface area contributed by atoms with E-state index in [0.29, 0.717) is 38.5 Å². The Kier molecular flexibility index (Phi) is 10.6. The van der Waals surface area contributed by atoms with Gasteiger partial charge in [0.1, 0.15) is 5.82 Å². The Balaban J connectivity index is 0.00000363. The van der Waals surface area contributed by atoms with Crippen LogP contribution in [0.3, 0.4) is 0 Å². The first-order valence-electron chi connectivity index (χ1n) is 10.6. The van der Waals surface area contributed by atoms with Crippen LogP contribution in [-0.4, -0.2) is 78.0 Å². The van der Waals surface area contributed by atoms with Gasteiger partial charge in [-0.05, 0) is 30.7 Å². The van der Waals surface area contributed by atoms with E-state index in [0.717, 1.165) is 31.2 Å². The highest BCUT2D eigenvalue weighted by Crippen LogP contribution is 2.11. The molecule has 1 N–H and O–H groups in total. The van der Waals surface area contributed by atoms with Crippen LogP contribution in [0.4, 0.5) is 10.3 Å². The summed E-state index contributed by atoms with van der Waals surface area (Å²) in [5, 5.41) is 3.25. The summed E-state index contributed by atoms with van der Waals surface area (Å²) in [5.74, 6) is 1.29. The molecular formula is C22H31FIN7O. The number of hydrogen-bond donors (Lipinski definition) is 1. The number of guanidine groups is 1.